The first-order valence-electron chi connectivity index (χ1n) is 2.06. The molecule has 0 aliphatic rings. The Kier molecular flexibility index (Phi) is 4.99. The van der Waals surface area contributed by atoms with Gasteiger partial charge in [0.1, 0.15) is 3.95 Å². The molecule has 0 saturated carbocycles. The van der Waals surface area contributed by atoms with E-state index in [1.54, 1.807) is 18.8 Å². The van der Waals surface area contributed by atoms with E-state index in [9.17, 15) is 0 Å². The van der Waals surface area contributed by atoms with Gasteiger partial charge in [0.05, 0.1) is 0 Å². The lowest BCUT2D eigenvalue weighted by Gasteiger charge is -1.87. The van der Waals surface area contributed by atoms with Crippen molar-refractivity contribution in [3.63, 3.8) is 0 Å². The number of rotatable bonds is 1. The Morgan fingerprint density at radius 2 is 2.43 bits per heavy atom. The van der Waals surface area contributed by atoms with Gasteiger partial charge in [0.15, 0.2) is 0 Å². The highest BCUT2D eigenvalue weighted by atomic mass is 79.9. The molecule has 0 radical (unpaired) electrons. The van der Waals surface area contributed by atoms with Crippen molar-refractivity contribution in [1.29, 1.82) is 0 Å². The van der Waals surface area contributed by atoms with E-state index in [0.29, 0.717) is 0 Å². The average Bonchev–Trinajstić information content (AvgIpc) is 1.68. The van der Waals surface area contributed by atoms with Gasteiger partial charge in [0.2, 0.25) is 0 Å². The highest BCUT2D eigenvalue weighted by Crippen LogP contribution is 2.07. The number of thioether (sulfide) groups is 1. The van der Waals surface area contributed by atoms with Crippen LogP contribution >= 0.6 is 27.7 Å². The first kappa shape index (κ1) is 7.50. The van der Waals surface area contributed by atoms with Gasteiger partial charge in [-0.25, -0.2) is 0 Å². The predicted molar refractivity (Wildman–Crippen MR) is 40.4 cm³/mol. The number of halogens is 1. The lowest BCUT2D eigenvalue weighted by molar-refractivity contribution is 1.48. The minimum atomic E-state index is 0.981. The van der Waals surface area contributed by atoms with Crippen molar-refractivity contribution in [2.75, 3.05) is 12.8 Å². The van der Waals surface area contributed by atoms with Crippen LogP contribution in [0.2, 0.25) is 0 Å². The van der Waals surface area contributed by atoms with Crippen LogP contribution in [0.15, 0.2) is 4.99 Å². The summed E-state index contributed by atoms with van der Waals surface area (Å²) < 4.78 is 0.981. The molecule has 7 heavy (non-hydrogen) atoms. The molecule has 1 nitrogen and oxygen atoms in total. The van der Waals surface area contributed by atoms with Crippen molar-refractivity contribution < 1.29 is 0 Å². The molecule has 0 fully saturated rings. The third kappa shape index (κ3) is 4.35. The molecule has 0 heterocycles. The largest absolute Gasteiger partial charge is 0.275 e. The number of aliphatic imine (C=N–C) groups is 1. The van der Waals surface area contributed by atoms with E-state index in [-0.39, 0.29) is 0 Å². The molecule has 0 spiro atoms. The maximum Gasteiger partial charge on any atom is 0.133 e. The maximum absolute atomic E-state index is 3.87. The number of nitrogens with zero attached hydrogens (tertiary/aromatic N) is 1. The van der Waals surface area contributed by atoms with E-state index >= 15 is 0 Å². The molecular weight excluding hydrogens is 174 g/mol. The van der Waals surface area contributed by atoms with Crippen molar-refractivity contribution >= 4 is 31.6 Å². The van der Waals surface area contributed by atoms with Gasteiger partial charge < -0.3 is 0 Å². The molecule has 0 saturated heterocycles. The Balaban J connectivity index is 3.17. The Morgan fingerprint density at radius 3 is 2.57 bits per heavy atom. The zero-order valence-corrected chi connectivity index (χ0v) is 6.84. The molecule has 0 aliphatic carbocycles. The topological polar surface area (TPSA) is 12.4 Å². The van der Waals surface area contributed by atoms with Gasteiger partial charge in [-0.15, -0.1) is 0 Å². The standard InChI is InChI=1S/C4H8BrNS/c1-3-7-4(5)6-2/h3H2,1-2H3/b6-4-. The van der Waals surface area contributed by atoms with Crippen LogP contribution < -0.4 is 0 Å². The molecular formula is C4H8BrNS. The molecule has 0 aromatic carbocycles. The average molecular weight is 182 g/mol. The van der Waals surface area contributed by atoms with Crippen molar-refractivity contribution in [2.45, 2.75) is 6.92 Å². The van der Waals surface area contributed by atoms with Crippen LogP contribution in [0, 0.1) is 0 Å². The summed E-state index contributed by atoms with van der Waals surface area (Å²) in [5.74, 6) is 1.08. The summed E-state index contributed by atoms with van der Waals surface area (Å²) in [5.41, 5.74) is 0. The van der Waals surface area contributed by atoms with E-state index in [4.69, 9.17) is 0 Å². The molecule has 0 rings (SSSR count). The number of hydrogen-bond acceptors (Lipinski definition) is 2. The van der Waals surface area contributed by atoms with Gasteiger partial charge in [0, 0.05) is 7.05 Å². The van der Waals surface area contributed by atoms with Crippen LogP contribution in [0.4, 0.5) is 0 Å². The summed E-state index contributed by atoms with van der Waals surface area (Å²) in [6.45, 7) is 2.09. The van der Waals surface area contributed by atoms with E-state index in [1.807, 2.05) is 0 Å². The monoisotopic (exact) mass is 181 g/mol. The first-order valence-corrected chi connectivity index (χ1v) is 3.84. The second kappa shape index (κ2) is 4.65. The van der Waals surface area contributed by atoms with Crippen LogP contribution in [0.3, 0.4) is 0 Å². The Morgan fingerprint density at radius 1 is 1.86 bits per heavy atom. The highest BCUT2D eigenvalue weighted by molar-refractivity contribution is 9.22. The smallest absolute Gasteiger partial charge is 0.133 e. The lowest BCUT2D eigenvalue weighted by atomic mass is 11.0. The summed E-state index contributed by atoms with van der Waals surface area (Å²) in [6, 6.07) is 0. The van der Waals surface area contributed by atoms with Gasteiger partial charge >= 0.3 is 0 Å². The Bertz CT molecular complexity index is 72.1. The Labute approximate surface area is 56.7 Å². The molecule has 42 valence electrons. The zero-order chi connectivity index (χ0) is 5.70. The fraction of sp³-hybridized carbons (Fsp3) is 0.750. The SMILES string of the molecule is CCS/C(Br)=N\C. The van der Waals surface area contributed by atoms with Crippen LogP contribution in [0.25, 0.3) is 0 Å². The summed E-state index contributed by atoms with van der Waals surface area (Å²) in [5, 5.41) is 0. The summed E-state index contributed by atoms with van der Waals surface area (Å²) >= 11 is 4.95. The molecule has 0 unspecified atom stereocenters. The molecule has 3 heteroatoms. The third-order valence-corrected chi connectivity index (χ3v) is 2.19. The molecule has 0 aromatic heterocycles. The Hall–Kier alpha value is 0.500. The van der Waals surface area contributed by atoms with Gasteiger partial charge in [-0.1, -0.05) is 18.7 Å². The fourth-order valence-corrected chi connectivity index (χ4v) is 1.24. The minimum Gasteiger partial charge on any atom is -0.275 e. The minimum absolute atomic E-state index is 0.981. The van der Waals surface area contributed by atoms with Gasteiger partial charge in [0.25, 0.3) is 0 Å². The van der Waals surface area contributed by atoms with E-state index < -0.39 is 0 Å². The summed E-state index contributed by atoms with van der Waals surface area (Å²) in [4.78, 5) is 3.87. The third-order valence-electron chi connectivity index (χ3n) is 0.439. The molecule has 0 N–H and O–H groups in total. The maximum atomic E-state index is 3.87. The second-order valence-corrected chi connectivity index (χ2v) is 3.44. The molecule has 0 amide bonds. The molecule has 0 aliphatic heterocycles. The summed E-state index contributed by atoms with van der Waals surface area (Å²) in [7, 11) is 1.77. The van der Waals surface area contributed by atoms with E-state index in [2.05, 4.69) is 27.8 Å². The quantitative estimate of drug-likeness (QED) is 0.447. The highest BCUT2D eigenvalue weighted by Gasteiger charge is 1.84. The van der Waals surface area contributed by atoms with Crippen LogP contribution in [0.1, 0.15) is 6.92 Å². The molecule has 0 bridgehead atoms. The van der Waals surface area contributed by atoms with Gasteiger partial charge in [-0.05, 0) is 21.7 Å². The normalized spacial score (nSPS) is 12.1. The predicted octanol–water partition coefficient (Wildman–Crippen LogP) is 2.12. The molecule has 0 atom stereocenters. The molecule has 0 aromatic rings. The van der Waals surface area contributed by atoms with Crippen molar-refractivity contribution in [3.8, 4) is 0 Å². The van der Waals surface area contributed by atoms with Crippen molar-refractivity contribution in [3.05, 3.63) is 0 Å². The zero-order valence-electron chi connectivity index (χ0n) is 4.44. The fourth-order valence-electron chi connectivity index (χ4n) is 0.184. The van der Waals surface area contributed by atoms with E-state index in [1.165, 1.54) is 0 Å². The van der Waals surface area contributed by atoms with Gasteiger partial charge in [-0.2, -0.15) is 0 Å². The second-order valence-electron chi connectivity index (χ2n) is 0.910. The van der Waals surface area contributed by atoms with Crippen molar-refractivity contribution in [2.24, 2.45) is 4.99 Å². The van der Waals surface area contributed by atoms with Gasteiger partial charge in [-0.3, -0.25) is 4.99 Å². The van der Waals surface area contributed by atoms with E-state index in [0.717, 1.165) is 9.71 Å². The lowest BCUT2D eigenvalue weighted by Crippen LogP contribution is -1.75. The van der Waals surface area contributed by atoms with Crippen LogP contribution in [-0.4, -0.2) is 16.8 Å². The van der Waals surface area contributed by atoms with Crippen molar-refractivity contribution in [1.82, 2.24) is 0 Å². The number of hydrogen-bond donors (Lipinski definition) is 0. The van der Waals surface area contributed by atoms with Crippen LogP contribution in [-0.2, 0) is 0 Å². The first-order chi connectivity index (χ1) is 3.31. The van der Waals surface area contributed by atoms with Crippen LogP contribution in [0.5, 0.6) is 0 Å². The summed E-state index contributed by atoms with van der Waals surface area (Å²) in [6.07, 6.45) is 0.